The fourth-order valence-electron chi connectivity index (χ4n) is 3.20. The van der Waals surface area contributed by atoms with E-state index in [-0.39, 0.29) is 11.9 Å². The minimum Gasteiger partial charge on any atom is -0.489 e. The van der Waals surface area contributed by atoms with Gasteiger partial charge in [-0.2, -0.15) is 0 Å². The van der Waals surface area contributed by atoms with Crippen molar-refractivity contribution in [1.82, 2.24) is 5.32 Å². The number of hydrogen-bond donors (Lipinski definition) is 1. The first-order valence-corrected chi connectivity index (χ1v) is 8.19. The lowest BCUT2D eigenvalue weighted by atomic mass is 9.92. The van der Waals surface area contributed by atoms with Gasteiger partial charge >= 0.3 is 5.97 Å². The van der Waals surface area contributed by atoms with Crippen LogP contribution in [0.4, 0.5) is 0 Å². The number of esters is 1. The molecule has 0 aromatic heterocycles. The maximum Gasteiger partial charge on any atom is 0.317 e. The van der Waals surface area contributed by atoms with Gasteiger partial charge in [0.1, 0.15) is 17.8 Å². The molecule has 2 atom stereocenters. The number of nitrogens with one attached hydrogen (secondary N) is 1. The summed E-state index contributed by atoms with van der Waals surface area (Å²) < 4.78 is 10.8. The lowest BCUT2D eigenvalue weighted by Gasteiger charge is -2.16. The molecule has 5 heteroatoms. The van der Waals surface area contributed by atoms with Gasteiger partial charge in [-0.3, -0.25) is 9.59 Å². The summed E-state index contributed by atoms with van der Waals surface area (Å²) in [6, 6.07) is 17.2. The quantitative estimate of drug-likeness (QED) is 0.821. The first kappa shape index (κ1) is 17.0. The number of amides is 1. The highest BCUT2D eigenvalue weighted by Crippen LogP contribution is 2.55. The van der Waals surface area contributed by atoms with E-state index in [0.717, 1.165) is 11.1 Å². The Kier molecular flexibility index (Phi) is 4.74. The molecule has 0 radical (unpaired) electrons. The van der Waals surface area contributed by atoms with Crippen LogP contribution in [0.1, 0.15) is 17.5 Å². The van der Waals surface area contributed by atoms with Gasteiger partial charge in [-0.15, -0.1) is 0 Å². The van der Waals surface area contributed by atoms with Crippen molar-refractivity contribution in [3.63, 3.8) is 0 Å². The smallest absolute Gasteiger partial charge is 0.317 e. The van der Waals surface area contributed by atoms with E-state index in [1.807, 2.05) is 54.6 Å². The third-order valence-corrected chi connectivity index (χ3v) is 4.67. The second-order valence-electron chi connectivity index (χ2n) is 6.14. The van der Waals surface area contributed by atoms with Crippen LogP contribution in [-0.4, -0.2) is 26.0 Å². The maximum absolute atomic E-state index is 12.4. The van der Waals surface area contributed by atoms with Crippen LogP contribution >= 0.6 is 0 Å². The molecule has 1 aliphatic carbocycles. The minimum atomic E-state index is -0.916. The Balaban J connectivity index is 1.82. The molecule has 130 valence electrons. The highest BCUT2D eigenvalue weighted by atomic mass is 16.5. The summed E-state index contributed by atoms with van der Waals surface area (Å²) in [5, 5.41) is 2.61. The van der Waals surface area contributed by atoms with Crippen molar-refractivity contribution in [1.29, 1.82) is 0 Å². The zero-order valence-electron chi connectivity index (χ0n) is 14.3. The molecule has 1 fully saturated rings. The van der Waals surface area contributed by atoms with Crippen LogP contribution in [-0.2, 0) is 26.3 Å². The van der Waals surface area contributed by atoms with Crippen molar-refractivity contribution >= 4 is 11.9 Å². The molecule has 3 rings (SSSR count). The van der Waals surface area contributed by atoms with Crippen molar-refractivity contribution < 1.29 is 19.1 Å². The summed E-state index contributed by atoms with van der Waals surface area (Å²) in [4.78, 5) is 24.4. The standard InChI is InChI=1S/C20H21NO4/c1-21-18(22)17-12-20(17,19(23)24-2)15-9-6-10-16(11-15)25-13-14-7-4-3-5-8-14/h3-11,17H,12-13H2,1-2H3,(H,21,22)/t17?,20-/m1/s1. The molecule has 1 aliphatic rings. The van der Waals surface area contributed by atoms with Crippen LogP contribution < -0.4 is 10.1 Å². The molecule has 0 spiro atoms. The zero-order chi connectivity index (χ0) is 17.9. The highest BCUT2D eigenvalue weighted by Gasteiger charge is 2.65. The SMILES string of the molecule is CNC(=O)C1C[C@@]1(C(=O)OC)c1cccc(OCc2ccccc2)c1. The first-order valence-electron chi connectivity index (χ1n) is 8.19. The zero-order valence-corrected chi connectivity index (χ0v) is 14.3. The van der Waals surface area contributed by atoms with Gasteiger partial charge in [-0.1, -0.05) is 42.5 Å². The summed E-state index contributed by atoms with van der Waals surface area (Å²) in [5.41, 5.74) is 0.893. The highest BCUT2D eigenvalue weighted by molar-refractivity contribution is 5.98. The Morgan fingerprint density at radius 1 is 1.16 bits per heavy atom. The maximum atomic E-state index is 12.4. The largest absolute Gasteiger partial charge is 0.489 e. The van der Waals surface area contributed by atoms with Gasteiger partial charge in [0.05, 0.1) is 13.0 Å². The van der Waals surface area contributed by atoms with Crippen molar-refractivity contribution in [2.24, 2.45) is 5.92 Å². The normalized spacial score (nSPS) is 21.3. The molecule has 1 amide bonds. The lowest BCUT2D eigenvalue weighted by Crippen LogP contribution is -2.31. The van der Waals surface area contributed by atoms with Gasteiger partial charge in [-0.25, -0.2) is 0 Å². The number of hydrogen-bond acceptors (Lipinski definition) is 4. The summed E-state index contributed by atoms with van der Waals surface area (Å²) in [6.45, 7) is 0.439. The lowest BCUT2D eigenvalue weighted by molar-refractivity contribution is -0.145. The van der Waals surface area contributed by atoms with Crippen molar-refractivity contribution in [3.05, 3.63) is 65.7 Å². The molecule has 0 heterocycles. The molecule has 5 nitrogen and oxygen atoms in total. The van der Waals surface area contributed by atoms with Crippen LogP contribution in [0, 0.1) is 5.92 Å². The second kappa shape index (κ2) is 6.97. The molecule has 0 bridgehead atoms. The van der Waals surface area contributed by atoms with E-state index in [2.05, 4.69) is 5.32 Å². The van der Waals surface area contributed by atoms with E-state index in [0.29, 0.717) is 18.8 Å². The molecule has 0 aliphatic heterocycles. The Labute approximate surface area is 147 Å². The van der Waals surface area contributed by atoms with Gasteiger partial charge in [-0.05, 0) is 29.7 Å². The molecule has 1 N–H and O–H groups in total. The van der Waals surface area contributed by atoms with Crippen LogP contribution in [0.3, 0.4) is 0 Å². The van der Waals surface area contributed by atoms with Crippen LogP contribution in [0.5, 0.6) is 5.75 Å². The monoisotopic (exact) mass is 339 g/mol. The Morgan fingerprint density at radius 2 is 1.92 bits per heavy atom. The van der Waals surface area contributed by atoms with Crippen LogP contribution in [0.2, 0.25) is 0 Å². The van der Waals surface area contributed by atoms with Gasteiger partial charge in [0, 0.05) is 7.05 Å². The molecule has 2 aromatic carbocycles. The van der Waals surface area contributed by atoms with Crippen molar-refractivity contribution in [3.8, 4) is 5.75 Å². The van der Waals surface area contributed by atoms with Crippen molar-refractivity contribution in [2.45, 2.75) is 18.4 Å². The summed E-state index contributed by atoms with van der Waals surface area (Å²) in [7, 11) is 2.92. The molecule has 2 aromatic rings. The Morgan fingerprint density at radius 3 is 2.60 bits per heavy atom. The molecule has 1 saturated carbocycles. The molecular weight excluding hydrogens is 318 g/mol. The fourth-order valence-corrected chi connectivity index (χ4v) is 3.20. The molecule has 0 saturated heterocycles. The van der Waals surface area contributed by atoms with Crippen LogP contribution in [0.15, 0.2) is 54.6 Å². The predicted molar refractivity (Wildman–Crippen MR) is 93.1 cm³/mol. The number of ether oxygens (including phenoxy) is 2. The van der Waals surface area contributed by atoms with E-state index in [1.54, 1.807) is 7.05 Å². The van der Waals surface area contributed by atoms with Gasteiger partial charge in [0.2, 0.25) is 5.91 Å². The number of benzene rings is 2. The average molecular weight is 339 g/mol. The first-order chi connectivity index (χ1) is 12.1. The van der Waals surface area contributed by atoms with Crippen molar-refractivity contribution in [2.75, 3.05) is 14.2 Å². The topological polar surface area (TPSA) is 64.6 Å². The average Bonchev–Trinajstić information content (AvgIpc) is 3.43. The minimum absolute atomic E-state index is 0.152. The molecule has 25 heavy (non-hydrogen) atoms. The predicted octanol–water partition coefficient (Wildman–Crippen LogP) is 2.44. The number of carbonyl (C=O) groups excluding carboxylic acids is 2. The van der Waals surface area contributed by atoms with Gasteiger partial charge in [0.15, 0.2) is 0 Å². The van der Waals surface area contributed by atoms with Crippen LogP contribution in [0.25, 0.3) is 0 Å². The molecular formula is C20H21NO4. The van der Waals surface area contributed by atoms with E-state index in [9.17, 15) is 9.59 Å². The third-order valence-electron chi connectivity index (χ3n) is 4.67. The number of rotatable bonds is 6. The Hall–Kier alpha value is -2.82. The second-order valence-corrected chi connectivity index (χ2v) is 6.14. The number of methoxy groups -OCH3 is 1. The fraction of sp³-hybridized carbons (Fsp3) is 0.300. The van der Waals surface area contributed by atoms with E-state index >= 15 is 0 Å². The summed E-state index contributed by atoms with van der Waals surface area (Å²) in [5.74, 6) is -0.288. The summed E-state index contributed by atoms with van der Waals surface area (Å²) in [6.07, 6.45) is 0.446. The van der Waals surface area contributed by atoms with E-state index in [1.165, 1.54) is 7.11 Å². The van der Waals surface area contributed by atoms with E-state index in [4.69, 9.17) is 9.47 Å². The Bertz CT molecular complexity index is 774. The summed E-state index contributed by atoms with van der Waals surface area (Å²) >= 11 is 0. The molecule has 1 unspecified atom stereocenters. The third kappa shape index (κ3) is 3.22. The van der Waals surface area contributed by atoms with E-state index < -0.39 is 11.3 Å². The number of carbonyl (C=O) groups is 2. The van der Waals surface area contributed by atoms with Gasteiger partial charge < -0.3 is 14.8 Å². The van der Waals surface area contributed by atoms with Gasteiger partial charge in [0.25, 0.3) is 0 Å².